The van der Waals surface area contributed by atoms with Crippen molar-refractivity contribution in [1.29, 1.82) is 0 Å². The molecule has 0 radical (unpaired) electrons. The number of hydrogen-bond donors (Lipinski definition) is 2. The first-order valence-electron chi connectivity index (χ1n) is 11.0. The van der Waals surface area contributed by atoms with Gasteiger partial charge in [0.2, 0.25) is 0 Å². The highest BCUT2D eigenvalue weighted by atomic mass is 19.1. The Morgan fingerprint density at radius 3 is 1.50 bits per heavy atom. The van der Waals surface area contributed by atoms with Crippen LogP contribution in [0.5, 0.6) is 0 Å². The van der Waals surface area contributed by atoms with E-state index in [1.807, 2.05) is 80.6 Å². The van der Waals surface area contributed by atoms with Crippen molar-refractivity contribution in [3.63, 3.8) is 0 Å². The lowest BCUT2D eigenvalue weighted by atomic mass is 9.84. The number of nitrogens with two attached hydrogens (primary N) is 2. The molecule has 0 unspecified atom stereocenters. The van der Waals surface area contributed by atoms with Crippen molar-refractivity contribution >= 4 is 11.6 Å². The van der Waals surface area contributed by atoms with Gasteiger partial charge in [-0.15, -0.1) is 0 Å². The van der Waals surface area contributed by atoms with Gasteiger partial charge in [-0.3, -0.25) is 0 Å². The van der Waals surface area contributed by atoms with Crippen LogP contribution in [0.15, 0.2) is 84.9 Å². The minimum absolute atomic E-state index is 0.343. The number of halogens is 1. The lowest BCUT2D eigenvalue weighted by Gasteiger charge is -2.20. The summed E-state index contributed by atoms with van der Waals surface area (Å²) in [4.78, 5) is 0. The summed E-state index contributed by atoms with van der Waals surface area (Å²) in [5, 5.41) is 9.41. The van der Waals surface area contributed by atoms with Crippen molar-refractivity contribution in [3.05, 3.63) is 119 Å². The number of hydrogen-bond acceptors (Lipinski definition) is 4. The number of rotatable bonds is 5. The molecule has 6 nitrogen and oxygen atoms in total. The summed E-state index contributed by atoms with van der Waals surface area (Å²) in [5.41, 5.74) is 18.3. The van der Waals surface area contributed by atoms with E-state index in [9.17, 15) is 0 Å². The first-order chi connectivity index (χ1) is 16.5. The fraction of sp³-hybridized carbons (Fsp3) is 0.111. The highest BCUT2D eigenvalue weighted by molar-refractivity contribution is 5.63. The van der Waals surface area contributed by atoms with Crippen molar-refractivity contribution in [1.82, 2.24) is 19.6 Å². The van der Waals surface area contributed by atoms with Crippen molar-refractivity contribution in [3.8, 4) is 11.4 Å². The minimum Gasteiger partial charge on any atom is -0.383 e. The molecule has 5 aromatic rings. The summed E-state index contributed by atoms with van der Waals surface area (Å²) in [6.45, 7) is 3.76. The minimum atomic E-state index is -0.587. The van der Waals surface area contributed by atoms with E-state index >= 15 is 4.39 Å². The second-order valence-electron chi connectivity index (χ2n) is 8.22. The summed E-state index contributed by atoms with van der Waals surface area (Å²) in [6.07, 6.45) is 0. The number of para-hydroxylation sites is 2. The molecule has 4 N–H and O–H groups in total. The van der Waals surface area contributed by atoms with Gasteiger partial charge in [0.1, 0.15) is 17.5 Å². The van der Waals surface area contributed by atoms with Crippen LogP contribution in [0.25, 0.3) is 11.4 Å². The van der Waals surface area contributed by atoms with E-state index in [-0.39, 0.29) is 5.82 Å². The predicted molar refractivity (Wildman–Crippen MR) is 133 cm³/mol. The molecular formula is C27H25FN6. The first-order valence-corrected chi connectivity index (χ1v) is 11.0. The third kappa shape index (κ3) is 3.51. The number of benzene rings is 3. The molecule has 0 aliphatic heterocycles. The molecule has 0 bridgehead atoms. The smallest absolute Gasteiger partial charge is 0.131 e. The molecule has 0 fully saturated rings. The Kier molecular flexibility index (Phi) is 5.37. The van der Waals surface area contributed by atoms with Gasteiger partial charge in [-0.1, -0.05) is 54.6 Å². The van der Waals surface area contributed by atoms with Crippen LogP contribution in [0, 0.1) is 19.7 Å². The van der Waals surface area contributed by atoms with E-state index in [2.05, 4.69) is 0 Å². The van der Waals surface area contributed by atoms with Crippen LogP contribution in [-0.2, 0) is 0 Å². The lowest BCUT2D eigenvalue weighted by molar-refractivity contribution is 0.606. The molecule has 0 aliphatic rings. The Balaban J connectivity index is 1.77. The van der Waals surface area contributed by atoms with Gasteiger partial charge in [0, 0.05) is 22.6 Å². The maximum Gasteiger partial charge on any atom is 0.131 e. The number of anilines is 2. The fourth-order valence-corrected chi connectivity index (χ4v) is 4.52. The number of aromatic nitrogens is 4. The second kappa shape index (κ2) is 8.51. The molecule has 170 valence electrons. The Hall–Kier alpha value is -4.39. The van der Waals surface area contributed by atoms with Gasteiger partial charge >= 0.3 is 0 Å². The predicted octanol–water partition coefficient (Wildman–Crippen LogP) is 5.16. The zero-order chi connectivity index (χ0) is 23.8. The van der Waals surface area contributed by atoms with Crippen LogP contribution < -0.4 is 11.5 Å². The Bertz CT molecular complexity index is 1360. The molecule has 7 heteroatoms. The van der Waals surface area contributed by atoms with Crippen LogP contribution in [-0.4, -0.2) is 19.6 Å². The number of aryl methyl sites for hydroxylation is 2. The van der Waals surface area contributed by atoms with Gasteiger partial charge in [0.15, 0.2) is 0 Å². The van der Waals surface area contributed by atoms with E-state index < -0.39 is 5.92 Å². The van der Waals surface area contributed by atoms with Crippen molar-refractivity contribution < 1.29 is 4.39 Å². The molecule has 5 rings (SSSR count). The van der Waals surface area contributed by atoms with Gasteiger partial charge < -0.3 is 11.5 Å². The summed E-state index contributed by atoms with van der Waals surface area (Å²) in [7, 11) is 0. The monoisotopic (exact) mass is 452 g/mol. The highest BCUT2D eigenvalue weighted by Crippen LogP contribution is 2.42. The third-order valence-electron chi connectivity index (χ3n) is 6.08. The zero-order valence-corrected chi connectivity index (χ0v) is 19.0. The molecule has 0 saturated carbocycles. The molecule has 34 heavy (non-hydrogen) atoms. The summed E-state index contributed by atoms with van der Waals surface area (Å²) < 4.78 is 18.6. The molecular weight excluding hydrogens is 427 g/mol. The van der Waals surface area contributed by atoms with E-state index in [4.69, 9.17) is 21.7 Å². The Morgan fingerprint density at radius 2 is 1.06 bits per heavy atom. The molecule has 0 atom stereocenters. The standard InChI is InChI=1S/C27H25FN6/c1-17-23(26(29)33(31-17)19-11-5-3-6-12-19)25(21-15-9-10-16-22(21)28)24-18(2)32-34(27(24)30)20-13-7-4-8-14-20/h3-16,25H,29-30H2,1-2H3. The Labute approximate surface area is 197 Å². The van der Waals surface area contributed by atoms with Crippen molar-refractivity contribution in [2.75, 3.05) is 11.5 Å². The van der Waals surface area contributed by atoms with Gasteiger partial charge in [-0.25, -0.2) is 13.8 Å². The van der Waals surface area contributed by atoms with Crippen molar-refractivity contribution in [2.45, 2.75) is 19.8 Å². The van der Waals surface area contributed by atoms with Gasteiger partial charge in [0.25, 0.3) is 0 Å². The molecule has 2 heterocycles. The topological polar surface area (TPSA) is 87.7 Å². The third-order valence-corrected chi connectivity index (χ3v) is 6.08. The van der Waals surface area contributed by atoms with Gasteiger partial charge in [-0.2, -0.15) is 10.2 Å². The lowest BCUT2D eigenvalue weighted by Crippen LogP contribution is -2.12. The van der Waals surface area contributed by atoms with Crippen molar-refractivity contribution in [2.24, 2.45) is 0 Å². The number of nitrogen functional groups attached to an aromatic ring is 2. The summed E-state index contributed by atoms with van der Waals surface area (Å²) in [6, 6.07) is 26.0. The molecule has 0 amide bonds. The zero-order valence-electron chi connectivity index (χ0n) is 19.0. The fourth-order valence-electron chi connectivity index (χ4n) is 4.52. The molecule has 0 aliphatic carbocycles. The Morgan fingerprint density at radius 1 is 0.647 bits per heavy atom. The van der Waals surface area contributed by atoms with E-state index in [0.717, 1.165) is 11.4 Å². The summed E-state index contributed by atoms with van der Waals surface area (Å²) in [5.74, 6) is -0.0624. The maximum absolute atomic E-state index is 15.3. The summed E-state index contributed by atoms with van der Waals surface area (Å²) >= 11 is 0. The van der Waals surface area contributed by atoms with Crippen LogP contribution >= 0.6 is 0 Å². The largest absolute Gasteiger partial charge is 0.383 e. The van der Waals surface area contributed by atoms with Crippen LogP contribution in [0.2, 0.25) is 0 Å². The van der Waals surface area contributed by atoms with Crippen LogP contribution in [0.3, 0.4) is 0 Å². The molecule has 0 saturated heterocycles. The highest BCUT2D eigenvalue weighted by Gasteiger charge is 2.32. The average Bonchev–Trinajstić information content (AvgIpc) is 3.32. The van der Waals surface area contributed by atoms with E-state index in [0.29, 0.717) is 39.7 Å². The van der Waals surface area contributed by atoms with Crippen LogP contribution in [0.4, 0.5) is 16.0 Å². The first kappa shape index (κ1) is 21.5. The van der Waals surface area contributed by atoms with Gasteiger partial charge in [0.05, 0.1) is 22.8 Å². The second-order valence-corrected chi connectivity index (χ2v) is 8.22. The van der Waals surface area contributed by atoms with E-state index in [1.54, 1.807) is 21.5 Å². The van der Waals surface area contributed by atoms with Gasteiger partial charge in [-0.05, 0) is 44.2 Å². The SMILES string of the molecule is Cc1nn(-c2ccccc2)c(N)c1C(c1ccccc1F)c1c(C)nn(-c2ccccc2)c1N. The maximum atomic E-state index is 15.3. The normalized spacial score (nSPS) is 11.3. The average molecular weight is 453 g/mol. The van der Waals surface area contributed by atoms with E-state index in [1.165, 1.54) is 6.07 Å². The molecule has 2 aromatic heterocycles. The molecule has 0 spiro atoms. The number of nitrogens with zero attached hydrogens (tertiary/aromatic N) is 4. The quantitative estimate of drug-likeness (QED) is 0.386. The van der Waals surface area contributed by atoms with Crippen LogP contribution in [0.1, 0.15) is 34.0 Å². The molecule has 3 aromatic carbocycles.